The van der Waals surface area contributed by atoms with Gasteiger partial charge in [-0.15, -0.1) is 0 Å². The molecule has 0 saturated carbocycles. The van der Waals surface area contributed by atoms with Gasteiger partial charge in [-0.2, -0.15) is 0 Å². The Morgan fingerprint density at radius 1 is 1.13 bits per heavy atom. The van der Waals surface area contributed by atoms with Crippen LogP contribution in [0.2, 0.25) is 0 Å². The van der Waals surface area contributed by atoms with Gasteiger partial charge in [0.2, 0.25) is 0 Å². The molecule has 1 fully saturated rings. The summed E-state index contributed by atoms with van der Waals surface area (Å²) < 4.78 is 24.9. The molecule has 0 aromatic heterocycles. The Morgan fingerprint density at radius 3 is 2.60 bits per heavy atom. The maximum absolute atomic E-state index is 13.0. The zero-order chi connectivity index (χ0) is 21.3. The molecule has 1 aliphatic heterocycles. The molecule has 0 spiro atoms. The fourth-order valence-electron chi connectivity index (χ4n) is 3.82. The highest BCUT2D eigenvalue weighted by Crippen LogP contribution is 2.28. The lowest BCUT2D eigenvalue weighted by Gasteiger charge is -2.32. The zero-order valence-electron chi connectivity index (χ0n) is 18.0. The van der Waals surface area contributed by atoms with Crippen LogP contribution in [0.3, 0.4) is 0 Å². The molecule has 0 bridgehead atoms. The van der Waals surface area contributed by atoms with E-state index in [4.69, 9.17) is 9.47 Å². The van der Waals surface area contributed by atoms with E-state index in [2.05, 4.69) is 4.90 Å². The molecule has 0 aliphatic carbocycles. The van der Waals surface area contributed by atoms with Gasteiger partial charge in [0.05, 0.1) is 12.7 Å². The minimum Gasteiger partial charge on any atom is -0.489 e. The number of nitrogens with zero attached hydrogens (tertiary/aromatic N) is 1. The van der Waals surface area contributed by atoms with Crippen LogP contribution < -0.4 is 9.47 Å². The molecule has 162 valence electrons. The lowest BCUT2D eigenvalue weighted by molar-refractivity contribution is -0.118. The number of ether oxygens (including phenoxy) is 2. The second-order valence-electron chi connectivity index (χ2n) is 8.33. The fourth-order valence-corrected chi connectivity index (χ4v) is 3.82. The van der Waals surface area contributed by atoms with Crippen molar-refractivity contribution in [2.24, 2.45) is 5.92 Å². The molecule has 4 nitrogen and oxygen atoms in total. The summed E-state index contributed by atoms with van der Waals surface area (Å²) in [4.78, 5) is 14.7. The van der Waals surface area contributed by atoms with Crippen molar-refractivity contribution in [3.8, 4) is 11.5 Å². The second kappa shape index (κ2) is 11.1. The van der Waals surface area contributed by atoms with Gasteiger partial charge >= 0.3 is 0 Å². The molecule has 30 heavy (non-hydrogen) atoms. The number of carbonyl (C=O) groups is 1. The van der Waals surface area contributed by atoms with Gasteiger partial charge in [0, 0.05) is 31.8 Å². The number of hydrogen-bond acceptors (Lipinski definition) is 4. The normalized spacial score (nSPS) is 17.1. The van der Waals surface area contributed by atoms with Crippen molar-refractivity contribution in [3.63, 3.8) is 0 Å². The lowest BCUT2D eigenvalue weighted by atomic mass is 9.98. The number of hydrogen-bond donors (Lipinski definition) is 0. The number of para-hydroxylation sites is 2. The van der Waals surface area contributed by atoms with Crippen LogP contribution in [0.5, 0.6) is 11.5 Å². The Kier molecular flexibility index (Phi) is 8.26. The molecule has 1 heterocycles. The summed E-state index contributed by atoms with van der Waals surface area (Å²) in [6.45, 7) is 7.40. The summed E-state index contributed by atoms with van der Waals surface area (Å²) in [6, 6.07) is 14.0. The Morgan fingerprint density at radius 2 is 1.87 bits per heavy atom. The van der Waals surface area contributed by atoms with Gasteiger partial charge in [0.25, 0.3) is 0 Å². The van der Waals surface area contributed by atoms with Crippen molar-refractivity contribution in [2.45, 2.75) is 45.6 Å². The third kappa shape index (κ3) is 7.13. The van der Waals surface area contributed by atoms with Crippen molar-refractivity contribution in [1.82, 2.24) is 4.90 Å². The summed E-state index contributed by atoms with van der Waals surface area (Å²) in [6.07, 6.45) is 3.24. The molecule has 5 heteroatoms. The van der Waals surface area contributed by atoms with Gasteiger partial charge in [0.1, 0.15) is 11.6 Å². The molecule has 0 radical (unpaired) electrons. The number of benzene rings is 2. The van der Waals surface area contributed by atoms with Gasteiger partial charge in [0.15, 0.2) is 11.5 Å². The van der Waals surface area contributed by atoms with Crippen molar-refractivity contribution in [3.05, 3.63) is 59.9 Å². The third-order valence-electron chi connectivity index (χ3n) is 5.31. The molecule has 1 atom stereocenters. The number of carbonyl (C=O) groups excluding carboxylic acids is 1. The quantitative estimate of drug-likeness (QED) is 0.555. The average Bonchev–Trinajstić information content (AvgIpc) is 2.73. The standard InChI is InChI=1S/C25H32FNO3/c1-19(2)30-25-8-4-3-7-24(25)29-18-21-6-5-14-27(17-21)15-13-23(28)16-20-9-11-22(26)12-10-20/h3-4,7-12,19,21H,5-6,13-18H2,1-2H3. The van der Waals surface area contributed by atoms with Gasteiger partial charge in [-0.3, -0.25) is 4.79 Å². The summed E-state index contributed by atoms with van der Waals surface area (Å²) >= 11 is 0. The van der Waals surface area contributed by atoms with Crippen molar-refractivity contribution in [1.29, 1.82) is 0 Å². The van der Waals surface area contributed by atoms with Gasteiger partial charge in [-0.1, -0.05) is 24.3 Å². The minimum atomic E-state index is -0.272. The molecular weight excluding hydrogens is 381 g/mol. The van der Waals surface area contributed by atoms with Crippen molar-refractivity contribution in [2.75, 3.05) is 26.2 Å². The van der Waals surface area contributed by atoms with Crippen molar-refractivity contribution < 1.29 is 18.7 Å². The molecule has 0 N–H and O–H groups in total. The van der Waals surface area contributed by atoms with Crippen LogP contribution in [0.15, 0.2) is 48.5 Å². The zero-order valence-corrected chi connectivity index (χ0v) is 18.0. The second-order valence-corrected chi connectivity index (χ2v) is 8.33. The number of likely N-dealkylation sites (tertiary alicyclic amines) is 1. The van der Waals surface area contributed by atoms with Crippen LogP contribution in [0.25, 0.3) is 0 Å². The summed E-state index contributed by atoms with van der Waals surface area (Å²) in [5, 5.41) is 0. The van der Waals surface area contributed by atoms with Gasteiger partial charge < -0.3 is 14.4 Å². The highest BCUT2D eigenvalue weighted by atomic mass is 19.1. The van der Waals surface area contributed by atoms with E-state index in [0.717, 1.165) is 49.5 Å². The van der Waals surface area contributed by atoms with E-state index in [1.165, 1.54) is 12.1 Å². The Bertz CT molecular complexity index is 806. The van der Waals surface area contributed by atoms with Crippen LogP contribution in [0.4, 0.5) is 4.39 Å². The predicted molar refractivity (Wildman–Crippen MR) is 117 cm³/mol. The maximum atomic E-state index is 13.0. The van der Waals surface area contributed by atoms with E-state index in [1.807, 2.05) is 38.1 Å². The van der Waals surface area contributed by atoms with Crippen LogP contribution >= 0.6 is 0 Å². The summed E-state index contributed by atoms with van der Waals surface area (Å²) in [7, 11) is 0. The SMILES string of the molecule is CC(C)Oc1ccccc1OCC1CCCN(CCC(=O)Cc2ccc(F)cc2)C1. The van der Waals surface area contributed by atoms with E-state index in [0.29, 0.717) is 25.4 Å². The first-order valence-electron chi connectivity index (χ1n) is 10.9. The molecule has 0 amide bonds. The van der Waals surface area contributed by atoms with Gasteiger partial charge in [-0.05, 0) is 63.1 Å². The molecule has 1 unspecified atom stereocenters. The fraction of sp³-hybridized carbons (Fsp3) is 0.480. The molecule has 2 aromatic rings. The first-order chi connectivity index (χ1) is 14.5. The monoisotopic (exact) mass is 413 g/mol. The molecular formula is C25H32FNO3. The van der Waals surface area contributed by atoms with Crippen LogP contribution in [0.1, 0.15) is 38.7 Å². The Labute approximate surface area is 179 Å². The lowest BCUT2D eigenvalue weighted by Crippen LogP contribution is -2.38. The number of ketones is 1. The van der Waals surface area contributed by atoms with Crippen LogP contribution in [-0.4, -0.2) is 43.0 Å². The largest absolute Gasteiger partial charge is 0.489 e. The van der Waals surface area contributed by atoms with E-state index in [-0.39, 0.29) is 17.7 Å². The van der Waals surface area contributed by atoms with E-state index in [9.17, 15) is 9.18 Å². The van der Waals surface area contributed by atoms with Gasteiger partial charge in [-0.25, -0.2) is 4.39 Å². The molecule has 2 aromatic carbocycles. The van der Waals surface area contributed by atoms with E-state index < -0.39 is 0 Å². The summed E-state index contributed by atoms with van der Waals surface area (Å²) in [5.74, 6) is 1.94. The molecule has 1 saturated heterocycles. The minimum absolute atomic E-state index is 0.104. The smallest absolute Gasteiger partial charge is 0.161 e. The average molecular weight is 414 g/mol. The number of halogens is 1. The molecule has 3 rings (SSSR count). The maximum Gasteiger partial charge on any atom is 0.161 e. The highest BCUT2D eigenvalue weighted by Gasteiger charge is 2.21. The number of rotatable bonds is 10. The van der Waals surface area contributed by atoms with E-state index in [1.54, 1.807) is 12.1 Å². The number of piperidine rings is 1. The third-order valence-corrected chi connectivity index (χ3v) is 5.31. The Hall–Kier alpha value is -2.40. The van der Waals surface area contributed by atoms with Crippen LogP contribution in [0, 0.1) is 11.7 Å². The van der Waals surface area contributed by atoms with Crippen LogP contribution in [-0.2, 0) is 11.2 Å². The predicted octanol–water partition coefficient (Wildman–Crippen LogP) is 4.91. The summed E-state index contributed by atoms with van der Waals surface area (Å²) in [5.41, 5.74) is 0.869. The van der Waals surface area contributed by atoms with Crippen molar-refractivity contribution >= 4 is 5.78 Å². The molecule has 1 aliphatic rings. The first-order valence-corrected chi connectivity index (χ1v) is 10.9. The topological polar surface area (TPSA) is 38.8 Å². The first kappa shape index (κ1) is 22.3. The Balaban J connectivity index is 1.43. The van der Waals surface area contributed by atoms with E-state index >= 15 is 0 Å². The highest BCUT2D eigenvalue weighted by molar-refractivity contribution is 5.81. The number of Topliss-reactive ketones (excluding diaryl/α,β-unsaturated/α-hetero) is 1.